The first-order valence-electron chi connectivity index (χ1n) is 6.65. The molecule has 1 N–H and O–H groups in total. The lowest BCUT2D eigenvalue weighted by Crippen LogP contribution is -2.30. The number of nitrogens with zero attached hydrogens (tertiary/aromatic N) is 2. The van der Waals surface area contributed by atoms with E-state index in [4.69, 9.17) is 0 Å². The Labute approximate surface area is 116 Å². The molecule has 1 aromatic heterocycles. The van der Waals surface area contributed by atoms with Crippen LogP contribution >= 0.6 is 0 Å². The summed E-state index contributed by atoms with van der Waals surface area (Å²) in [4.78, 5) is 23.7. The first-order chi connectivity index (χ1) is 9.72. The lowest BCUT2D eigenvalue weighted by atomic mass is 10.2. The monoisotopic (exact) mass is 269 g/mol. The van der Waals surface area contributed by atoms with Gasteiger partial charge in [-0.3, -0.25) is 9.59 Å². The zero-order valence-electron chi connectivity index (χ0n) is 11.0. The summed E-state index contributed by atoms with van der Waals surface area (Å²) in [5.74, 6) is -0.214. The van der Waals surface area contributed by atoms with E-state index in [1.807, 2.05) is 30.3 Å². The molecule has 1 aromatic carbocycles. The van der Waals surface area contributed by atoms with Gasteiger partial charge in [0, 0.05) is 12.1 Å². The second kappa shape index (κ2) is 5.28. The first-order valence-corrected chi connectivity index (χ1v) is 6.65. The highest BCUT2D eigenvalue weighted by Crippen LogP contribution is 2.18. The van der Waals surface area contributed by atoms with Crippen LogP contribution < -0.4 is 10.9 Å². The van der Waals surface area contributed by atoms with Gasteiger partial charge in [-0.25, -0.2) is 4.68 Å². The van der Waals surface area contributed by atoms with E-state index >= 15 is 0 Å². The minimum Gasteiger partial charge on any atom is -0.348 e. The molecule has 1 aliphatic carbocycles. The van der Waals surface area contributed by atoms with Gasteiger partial charge in [0.15, 0.2) is 0 Å². The topological polar surface area (TPSA) is 64.0 Å². The van der Waals surface area contributed by atoms with E-state index in [1.54, 1.807) is 0 Å². The fourth-order valence-corrected chi connectivity index (χ4v) is 1.93. The second-order valence-electron chi connectivity index (χ2n) is 4.95. The number of carbonyl (C=O) groups excluding carboxylic acids is 1. The van der Waals surface area contributed by atoms with Crippen LogP contribution in [0.25, 0.3) is 0 Å². The zero-order valence-corrected chi connectivity index (χ0v) is 11.0. The van der Waals surface area contributed by atoms with Crippen LogP contribution in [0.3, 0.4) is 0 Å². The summed E-state index contributed by atoms with van der Waals surface area (Å²) in [5.41, 5.74) is 1.05. The molecule has 0 saturated heterocycles. The largest absolute Gasteiger partial charge is 0.348 e. The van der Waals surface area contributed by atoms with Crippen LogP contribution in [0.4, 0.5) is 0 Å². The maximum atomic E-state index is 11.9. The second-order valence-corrected chi connectivity index (χ2v) is 4.95. The van der Waals surface area contributed by atoms with E-state index in [0.717, 1.165) is 18.4 Å². The van der Waals surface area contributed by atoms with Crippen LogP contribution in [0.15, 0.2) is 47.3 Å². The molecule has 1 amide bonds. The molecular formula is C15H15N3O2. The molecule has 2 aromatic rings. The fourth-order valence-electron chi connectivity index (χ4n) is 1.93. The minimum absolute atomic E-state index is 0.211. The fraction of sp³-hybridized carbons (Fsp3) is 0.267. The van der Waals surface area contributed by atoms with E-state index in [1.165, 1.54) is 16.8 Å². The third kappa shape index (κ3) is 2.93. The normalized spacial score (nSPS) is 14.0. The number of aromatic nitrogens is 2. The predicted molar refractivity (Wildman–Crippen MR) is 74.5 cm³/mol. The van der Waals surface area contributed by atoms with E-state index in [-0.39, 0.29) is 23.2 Å². The number of hydrogen-bond acceptors (Lipinski definition) is 3. The predicted octanol–water partition coefficient (Wildman–Crippen LogP) is 1.18. The third-order valence-electron chi connectivity index (χ3n) is 3.19. The van der Waals surface area contributed by atoms with Gasteiger partial charge < -0.3 is 5.32 Å². The number of carbonyl (C=O) groups is 1. The number of nitrogens with one attached hydrogen (secondary N) is 1. The van der Waals surface area contributed by atoms with E-state index < -0.39 is 0 Å². The van der Waals surface area contributed by atoms with Crippen molar-refractivity contribution in [3.63, 3.8) is 0 Å². The van der Waals surface area contributed by atoms with Gasteiger partial charge in [-0.15, -0.1) is 0 Å². The number of benzene rings is 1. The average Bonchev–Trinajstić information content (AvgIpc) is 3.26. The maximum absolute atomic E-state index is 11.9. The van der Waals surface area contributed by atoms with Crippen molar-refractivity contribution < 1.29 is 4.79 Å². The molecule has 0 radical (unpaired) electrons. The molecule has 1 saturated carbocycles. The van der Waals surface area contributed by atoms with Crippen molar-refractivity contribution >= 4 is 5.91 Å². The van der Waals surface area contributed by atoms with Crippen LogP contribution in [-0.4, -0.2) is 21.7 Å². The van der Waals surface area contributed by atoms with E-state index in [0.29, 0.717) is 6.54 Å². The Balaban J connectivity index is 1.82. The molecule has 0 spiro atoms. The van der Waals surface area contributed by atoms with Gasteiger partial charge in [-0.05, 0) is 24.5 Å². The van der Waals surface area contributed by atoms with Gasteiger partial charge >= 0.3 is 0 Å². The maximum Gasteiger partial charge on any atom is 0.271 e. The van der Waals surface area contributed by atoms with Gasteiger partial charge in [0.2, 0.25) is 0 Å². The van der Waals surface area contributed by atoms with Crippen molar-refractivity contribution in [3.8, 4) is 0 Å². The smallest absolute Gasteiger partial charge is 0.271 e. The average molecular weight is 269 g/mol. The molecule has 20 heavy (non-hydrogen) atoms. The minimum atomic E-state index is -0.214. The molecule has 5 nitrogen and oxygen atoms in total. The number of rotatable bonds is 4. The standard InChI is InChI=1S/C15H15N3O2/c19-14-9-8-13(15(20)16-12-6-7-12)17-18(14)10-11-4-2-1-3-5-11/h1-5,8-9,12H,6-7,10H2,(H,16,20). The summed E-state index contributed by atoms with van der Waals surface area (Å²) < 4.78 is 1.32. The highest BCUT2D eigenvalue weighted by atomic mass is 16.2. The van der Waals surface area contributed by atoms with Crippen LogP contribution in [-0.2, 0) is 6.54 Å². The van der Waals surface area contributed by atoms with Gasteiger partial charge in [0.05, 0.1) is 6.54 Å². The molecule has 1 fully saturated rings. The summed E-state index contributed by atoms with van der Waals surface area (Å²) in [6.45, 7) is 0.365. The highest BCUT2D eigenvalue weighted by molar-refractivity contribution is 5.92. The van der Waals surface area contributed by atoms with Crippen molar-refractivity contribution in [1.29, 1.82) is 0 Å². The number of amides is 1. The van der Waals surface area contributed by atoms with Gasteiger partial charge in [0.25, 0.3) is 11.5 Å². The Morgan fingerprint density at radius 3 is 2.65 bits per heavy atom. The molecule has 1 heterocycles. The molecule has 0 unspecified atom stereocenters. The third-order valence-corrected chi connectivity index (χ3v) is 3.19. The summed E-state index contributed by atoms with van der Waals surface area (Å²) >= 11 is 0. The Morgan fingerprint density at radius 1 is 1.20 bits per heavy atom. The quantitative estimate of drug-likeness (QED) is 0.906. The molecule has 102 valence electrons. The Hall–Kier alpha value is -2.43. The van der Waals surface area contributed by atoms with Crippen LogP contribution in [0.5, 0.6) is 0 Å². The molecule has 0 aliphatic heterocycles. The number of hydrogen-bond donors (Lipinski definition) is 1. The SMILES string of the molecule is O=C(NC1CC1)c1ccc(=O)n(Cc2ccccc2)n1. The summed E-state index contributed by atoms with van der Waals surface area (Å²) in [6.07, 6.45) is 2.05. The van der Waals surface area contributed by atoms with Crippen LogP contribution in [0, 0.1) is 0 Å². The van der Waals surface area contributed by atoms with Crippen LogP contribution in [0.1, 0.15) is 28.9 Å². The Morgan fingerprint density at radius 2 is 1.95 bits per heavy atom. The van der Waals surface area contributed by atoms with Gasteiger partial charge in [-0.2, -0.15) is 5.10 Å². The van der Waals surface area contributed by atoms with Crippen molar-refractivity contribution in [2.24, 2.45) is 0 Å². The van der Waals surface area contributed by atoms with E-state index in [2.05, 4.69) is 10.4 Å². The molecule has 0 bridgehead atoms. The van der Waals surface area contributed by atoms with Crippen molar-refractivity contribution in [2.45, 2.75) is 25.4 Å². The molecule has 0 atom stereocenters. The summed E-state index contributed by atoms with van der Waals surface area (Å²) in [7, 11) is 0. The van der Waals surface area contributed by atoms with Crippen molar-refractivity contribution in [2.75, 3.05) is 0 Å². The lowest BCUT2D eigenvalue weighted by Gasteiger charge is -2.07. The van der Waals surface area contributed by atoms with Crippen molar-refractivity contribution in [1.82, 2.24) is 15.1 Å². The summed E-state index contributed by atoms with van der Waals surface area (Å²) in [6, 6.07) is 12.7. The molecule has 3 rings (SSSR count). The molecule has 5 heteroatoms. The first kappa shape index (κ1) is 12.6. The van der Waals surface area contributed by atoms with Crippen molar-refractivity contribution in [3.05, 3.63) is 64.1 Å². The lowest BCUT2D eigenvalue weighted by molar-refractivity contribution is 0.0943. The highest BCUT2D eigenvalue weighted by Gasteiger charge is 2.24. The van der Waals surface area contributed by atoms with E-state index in [9.17, 15) is 9.59 Å². The zero-order chi connectivity index (χ0) is 13.9. The Kier molecular flexibility index (Phi) is 3.33. The Bertz CT molecular complexity index is 675. The summed E-state index contributed by atoms with van der Waals surface area (Å²) in [5, 5.41) is 7.00. The molecule has 1 aliphatic rings. The molecular weight excluding hydrogens is 254 g/mol. The van der Waals surface area contributed by atoms with Crippen LogP contribution in [0.2, 0.25) is 0 Å². The van der Waals surface area contributed by atoms with Gasteiger partial charge in [-0.1, -0.05) is 30.3 Å². The van der Waals surface area contributed by atoms with Gasteiger partial charge in [0.1, 0.15) is 5.69 Å².